The van der Waals surface area contributed by atoms with Crippen molar-refractivity contribution in [3.05, 3.63) is 47.5 Å². The van der Waals surface area contributed by atoms with Crippen LogP contribution < -0.4 is 0 Å². The molecule has 2 aromatic carbocycles. The molecule has 0 aromatic heterocycles. The minimum Gasteiger partial charge on any atom is -0.478 e. The lowest BCUT2D eigenvalue weighted by Gasteiger charge is -2.10. The number of aromatic carboxylic acids is 1. The van der Waals surface area contributed by atoms with E-state index in [4.69, 9.17) is 4.74 Å². The van der Waals surface area contributed by atoms with Crippen molar-refractivity contribution in [2.24, 2.45) is 0 Å². The lowest BCUT2D eigenvalue weighted by Crippen LogP contribution is -2.09. The Hall–Kier alpha value is -2.36. The van der Waals surface area contributed by atoms with Crippen molar-refractivity contribution in [1.29, 1.82) is 0 Å². The Kier molecular flexibility index (Phi) is 14.0. The number of hydrogen-bond acceptors (Lipinski definition) is 3. The van der Waals surface area contributed by atoms with E-state index in [9.17, 15) is 14.7 Å². The highest BCUT2D eigenvalue weighted by molar-refractivity contribution is 6.12. The normalized spacial score (nSPS) is 11.1. The maximum Gasteiger partial charge on any atom is 0.338 e. The molecule has 0 amide bonds. The van der Waals surface area contributed by atoms with Crippen LogP contribution in [-0.2, 0) is 4.74 Å². The molecule has 4 heteroatoms. The standard InChI is InChI=1S/C30H44O4/c1-2-3-4-5-6-7-8-9-10-11-12-13-14-15-16-17-24-34-30(33)27-23-19-21-25-20-18-22-26(28(25)27)29(31)32/h18-23H,2-17,24H2,1H3,(H,31,32). The van der Waals surface area contributed by atoms with Crippen LogP contribution in [0.3, 0.4) is 0 Å². The van der Waals surface area contributed by atoms with Crippen molar-refractivity contribution in [1.82, 2.24) is 0 Å². The number of carbonyl (C=O) groups excluding carboxylic acids is 1. The Labute approximate surface area is 206 Å². The molecule has 2 aromatic rings. The highest BCUT2D eigenvalue weighted by Crippen LogP contribution is 2.24. The van der Waals surface area contributed by atoms with E-state index in [0.29, 0.717) is 17.6 Å². The van der Waals surface area contributed by atoms with Crippen LogP contribution in [0.25, 0.3) is 10.8 Å². The monoisotopic (exact) mass is 468 g/mol. The van der Waals surface area contributed by atoms with Crippen LogP contribution in [0.5, 0.6) is 0 Å². The summed E-state index contributed by atoms with van der Waals surface area (Å²) in [6, 6.07) is 10.3. The number of hydrogen-bond donors (Lipinski definition) is 1. The molecule has 0 atom stereocenters. The lowest BCUT2D eigenvalue weighted by molar-refractivity contribution is 0.0500. The highest BCUT2D eigenvalue weighted by atomic mass is 16.5. The molecule has 0 heterocycles. The fraction of sp³-hybridized carbons (Fsp3) is 0.600. The van der Waals surface area contributed by atoms with E-state index in [-0.39, 0.29) is 5.56 Å². The molecule has 0 spiro atoms. The van der Waals surface area contributed by atoms with Crippen molar-refractivity contribution in [2.45, 2.75) is 110 Å². The summed E-state index contributed by atoms with van der Waals surface area (Å²) < 4.78 is 5.46. The summed E-state index contributed by atoms with van der Waals surface area (Å²) in [4.78, 5) is 24.1. The topological polar surface area (TPSA) is 63.6 Å². The summed E-state index contributed by atoms with van der Waals surface area (Å²) in [5, 5.41) is 10.7. The van der Waals surface area contributed by atoms with Crippen LogP contribution in [0.4, 0.5) is 0 Å². The summed E-state index contributed by atoms with van der Waals surface area (Å²) in [7, 11) is 0. The van der Waals surface area contributed by atoms with Gasteiger partial charge in [-0.3, -0.25) is 0 Å². The maximum absolute atomic E-state index is 12.6. The molecule has 0 unspecified atom stereocenters. The Morgan fingerprint density at radius 1 is 0.647 bits per heavy atom. The van der Waals surface area contributed by atoms with Gasteiger partial charge in [-0.05, 0) is 23.9 Å². The van der Waals surface area contributed by atoms with Gasteiger partial charge in [-0.25, -0.2) is 9.59 Å². The molecule has 1 N–H and O–H groups in total. The minimum absolute atomic E-state index is 0.132. The van der Waals surface area contributed by atoms with Gasteiger partial charge in [0.2, 0.25) is 0 Å². The van der Waals surface area contributed by atoms with Gasteiger partial charge in [0.1, 0.15) is 0 Å². The molecule has 188 valence electrons. The number of ether oxygens (including phenoxy) is 1. The Bertz CT molecular complexity index is 853. The number of unbranched alkanes of at least 4 members (excludes halogenated alkanes) is 15. The average molecular weight is 469 g/mol. The van der Waals surface area contributed by atoms with Crippen LogP contribution in [0.15, 0.2) is 36.4 Å². The van der Waals surface area contributed by atoms with Crippen molar-refractivity contribution >= 4 is 22.7 Å². The Balaban J connectivity index is 1.50. The smallest absolute Gasteiger partial charge is 0.338 e. The van der Waals surface area contributed by atoms with Crippen LogP contribution in [0.1, 0.15) is 130 Å². The first-order chi connectivity index (χ1) is 16.6. The van der Waals surface area contributed by atoms with Crippen molar-refractivity contribution in [3.8, 4) is 0 Å². The third kappa shape index (κ3) is 10.3. The molecule has 0 saturated carbocycles. The number of fused-ring (bicyclic) bond motifs is 1. The quantitative estimate of drug-likeness (QED) is 0.165. The second-order valence-corrected chi connectivity index (χ2v) is 9.45. The van der Waals surface area contributed by atoms with Gasteiger partial charge in [-0.2, -0.15) is 0 Å². The van der Waals surface area contributed by atoms with Crippen LogP contribution >= 0.6 is 0 Å². The molecule has 0 fully saturated rings. The SMILES string of the molecule is CCCCCCCCCCCCCCCCCCOC(=O)c1cccc2cccc(C(=O)O)c12. The molecule has 0 bridgehead atoms. The third-order valence-corrected chi connectivity index (χ3v) is 6.59. The number of carbonyl (C=O) groups is 2. The summed E-state index contributed by atoms with van der Waals surface area (Å²) in [5.41, 5.74) is 0.458. The summed E-state index contributed by atoms with van der Waals surface area (Å²) in [6.45, 7) is 2.65. The highest BCUT2D eigenvalue weighted by Gasteiger charge is 2.17. The first-order valence-electron chi connectivity index (χ1n) is 13.6. The Morgan fingerprint density at radius 3 is 1.56 bits per heavy atom. The minimum atomic E-state index is -1.04. The van der Waals surface area contributed by atoms with Gasteiger partial charge in [-0.1, -0.05) is 128 Å². The van der Waals surface area contributed by atoms with Crippen molar-refractivity contribution in [3.63, 3.8) is 0 Å². The number of carboxylic acids is 1. The maximum atomic E-state index is 12.6. The summed E-state index contributed by atoms with van der Waals surface area (Å²) in [5.74, 6) is -1.48. The molecule has 2 rings (SSSR count). The zero-order chi connectivity index (χ0) is 24.4. The number of carboxylic acid groups (broad SMARTS) is 1. The van der Waals surface area contributed by atoms with E-state index in [0.717, 1.165) is 18.2 Å². The second kappa shape index (κ2) is 17.1. The first-order valence-corrected chi connectivity index (χ1v) is 13.6. The first kappa shape index (κ1) is 27.9. The van der Waals surface area contributed by atoms with Crippen molar-refractivity contribution < 1.29 is 19.4 Å². The largest absolute Gasteiger partial charge is 0.478 e. The molecular weight excluding hydrogens is 424 g/mol. The fourth-order valence-corrected chi connectivity index (χ4v) is 4.58. The predicted octanol–water partition coefficient (Wildman–Crippen LogP) is 8.96. The van der Waals surface area contributed by atoms with Crippen LogP contribution in [-0.4, -0.2) is 23.7 Å². The van der Waals surface area contributed by atoms with E-state index >= 15 is 0 Å². The van der Waals surface area contributed by atoms with Gasteiger partial charge >= 0.3 is 11.9 Å². The van der Waals surface area contributed by atoms with E-state index in [2.05, 4.69) is 6.92 Å². The molecule has 0 aliphatic rings. The number of rotatable bonds is 19. The van der Waals surface area contributed by atoms with Gasteiger partial charge in [-0.15, -0.1) is 0 Å². The second-order valence-electron chi connectivity index (χ2n) is 9.45. The molecule has 0 radical (unpaired) electrons. The van der Waals surface area contributed by atoms with Gasteiger partial charge < -0.3 is 9.84 Å². The molecule has 34 heavy (non-hydrogen) atoms. The number of benzene rings is 2. The van der Waals surface area contributed by atoms with E-state index < -0.39 is 11.9 Å². The zero-order valence-electron chi connectivity index (χ0n) is 21.2. The zero-order valence-corrected chi connectivity index (χ0v) is 21.2. The van der Waals surface area contributed by atoms with Crippen LogP contribution in [0, 0.1) is 0 Å². The fourth-order valence-electron chi connectivity index (χ4n) is 4.58. The molecule has 0 aliphatic carbocycles. The van der Waals surface area contributed by atoms with E-state index in [1.165, 1.54) is 96.0 Å². The third-order valence-electron chi connectivity index (χ3n) is 6.59. The average Bonchev–Trinajstić information content (AvgIpc) is 2.85. The number of esters is 1. The molecular formula is C30H44O4. The van der Waals surface area contributed by atoms with Crippen LogP contribution in [0.2, 0.25) is 0 Å². The molecule has 0 aliphatic heterocycles. The lowest BCUT2D eigenvalue weighted by atomic mass is 9.99. The van der Waals surface area contributed by atoms with Gasteiger partial charge in [0.05, 0.1) is 17.7 Å². The van der Waals surface area contributed by atoms with E-state index in [1.54, 1.807) is 18.2 Å². The van der Waals surface area contributed by atoms with E-state index in [1.807, 2.05) is 12.1 Å². The van der Waals surface area contributed by atoms with Gasteiger partial charge in [0.15, 0.2) is 0 Å². The van der Waals surface area contributed by atoms with Crippen molar-refractivity contribution in [2.75, 3.05) is 6.61 Å². The summed E-state index contributed by atoms with van der Waals surface area (Å²) in [6.07, 6.45) is 20.9. The van der Waals surface area contributed by atoms with Gasteiger partial charge in [0.25, 0.3) is 0 Å². The van der Waals surface area contributed by atoms with Gasteiger partial charge in [0, 0.05) is 5.39 Å². The summed E-state index contributed by atoms with van der Waals surface area (Å²) >= 11 is 0. The Morgan fingerprint density at radius 2 is 1.09 bits per heavy atom. The predicted molar refractivity (Wildman–Crippen MR) is 141 cm³/mol. The molecule has 0 saturated heterocycles. The molecule has 4 nitrogen and oxygen atoms in total.